The van der Waals surface area contributed by atoms with Gasteiger partial charge in [0.1, 0.15) is 22.7 Å². The molecule has 1 aromatic carbocycles. The number of carbonyl (C=O) groups excluding carboxylic acids is 3. The predicted octanol–water partition coefficient (Wildman–Crippen LogP) is 1.65. The first kappa shape index (κ1) is 21.7. The van der Waals surface area contributed by atoms with Crippen LogP contribution in [0.4, 0.5) is 4.39 Å². The van der Waals surface area contributed by atoms with Gasteiger partial charge < -0.3 is 15.0 Å². The van der Waals surface area contributed by atoms with Crippen molar-refractivity contribution >= 4 is 52.2 Å². The topological polar surface area (TPSA) is 104 Å². The van der Waals surface area contributed by atoms with Gasteiger partial charge in [0, 0.05) is 23.9 Å². The number of thioether (sulfide) groups is 1. The molecule has 0 aliphatic carbocycles. The van der Waals surface area contributed by atoms with Crippen LogP contribution in [0.25, 0.3) is 6.08 Å². The zero-order valence-electron chi connectivity index (χ0n) is 15.8. The highest BCUT2D eigenvalue weighted by molar-refractivity contribution is 8.26. The number of imidazole rings is 1. The van der Waals surface area contributed by atoms with Gasteiger partial charge in [0.25, 0.3) is 5.91 Å². The van der Waals surface area contributed by atoms with Gasteiger partial charge in [0.2, 0.25) is 5.91 Å². The van der Waals surface area contributed by atoms with Gasteiger partial charge in [-0.3, -0.25) is 14.5 Å². The highest BCUT2D eigenvalue weighted by Gasteiger charge is 2.34. The Morgan fingerprint density at radius 2 is 2.20 bits per heavy atom. The van der Waals surface area contributed by atoms with Crippen LogP contribution in [0.15, 0.2) is 41.7 Å². The fourth-order valence-electron chi connectivity index (χ4n) is 2.71. The molecule has 1 aliphatic rings. The zero-order valence-corrected chi connectivity index (χ0v) is 17.4. The molecule has 156 valence electrons. The summed E-state index contributed by atoms with van der Waals surface area (Å²) in [6.45, 7) is -0.379. The van der Waals surface area contributed by atoms with Crippen LogP contribution < -0.4 is 5.32 Å². The van der Waals surface area contributed by atoms with Crippen molar-refractivity contribution < 1.29 is 23.5 Å². The molecule has 0 saturated carbocycles. The summed E-state index contributed by atoms with van der Waals surface area (Å²) in [5.74, 6) is -2.21. The number of esters is 1. The Balaban J connectivity index is 1.68. The molecule has 30 heavy (non-hydrogen) atoms. The lowest BCUT2D eigenvalue weighted by Gasteiger charge is -2.18. The monoisotopic (exact) mass is 448 g/mol. The van der Waals surface area contributed by atoms with Crippen LogP contribution in [0.3, 0.4) is 0 Å². The van der Waals surface area contributed by atoms with Crippen LogP contribution in [0.5, 0.6) is 0 Å². The molecule has 1 unspecified atom stereocenters. The lowest BCUT2D eigenvalue weighted by Crippen LogP contribution is -2.47. The minimum absolute atomic E-state index is 0.143. The Morgan fingerprint density at radius 1 is 1.43 bits per heavy atom. The van der Waals surface area contributed by atoms with E-state index in [-0.39, 0.29) is 27.8 Å². The summed E-state index contributed by atoms with van der Waals surface area (Å²) < 4.78 is 18.7. The lowest BCUT2D eigenvalue weighted by atomic mass is 10.1. The summed E-state index contributed by atoms with van der Waals surface area (Å²) in [6.07, 6.45) is 4.51. The SMILES string of the molecule is COC(=O)C(Cc1cnc[nH]1)NC(=O)CN1C(=O)C(=Cc2ccccc2F)SC1=S. The van der Waals surface area contributed by atoms with Gasteiger partial charge in [-0.2, -0.15) is 0 Å². The number of aromatic amines is 1. The molecule has 11 heteroatoms. The maximum absolute atomic E-state index is 13.9. The molecular formula is C19H17FN4O4S2. The zero-order chi connectivity index (χ0) is 21.7. The van der Waals surface area contributed by atoms with E-state index in [1.807, 2.05) is 0 Å². The van der Waals surface area contributed by atoms with E-state index in [1.165, 1.54) is 37.8 Å². The summed E-state index contributed by atoms with van der Waals surface area (Å²) in [5, 5.41) is 2.54. The first-order valence-electron chi connectivity index (χ1n) is 8.73. The third-order valence-electron chi connectivity index (χ3n) is 4.17. The second kappa shape index (κ2) is 9.63. The number of amides is 2. The second-order valence-corrected chi connectivity index (χ2v) is 7.89. The van der Waals surface area contributed by atoms with Crippen LogP contribution in [0, 0.1) is 5.82 Å². The molecule has 1 fully saturated rings. The first-order valence-corrected chi connectivity index (χ1v) is 9.96. The molecule has 0 bridgehead atoms. The number of carbonyl (C=O) groups is 3. The van der Waals surface area contributed by atoms with E-state index in [1.54, 1.807) is 12.1 Å². The van der Waals surface area contributed by atoms with Gasteiger partial charge >= 0.3 is 5.97 Å². The smallest absolute Gasteiger partial charge is 0.328 e. The summed E-state index contributed by atoms with van der Waals surface area (Å²) >= 11 is 6.17. The van der Waals surface area contributed by atoms with Gasteiger partial charge in [-0.25, -0.2) is 14.2 Å². The number of nitrogens with one attached hydrogen (secondary N) is 2. The maximum atomic E-state index is 13.9. The molecule has 8 nitrogen and oxygen atoms in total. The van der Waals surface area contributed by atoms with E-state index in [0.717, 1.165) is 16.7 Å². The van der Waals surface area contributed by atoms with Crippen LogP contribution >= 0.6 is 24.0 Å². The number of hydrogen-bond donors (Lipinski definition) is 2. The van der Waals surface area contributed by atoms with Crippen LogP contribution in [-0.2, 0) is 25.5 Å². The van der Waals surface area contributed by atoms with Gasteiger partial charge in [0.05, 0.1) is 18.3 Å². The Bertz CT molecular complexity index is 1010. The minimum Gasteiger partial charge on any atom is -0.467 e. The van der Waals surface area contributed by atoms with Crippen molar-refractivity contribution in [1.29, 1.82) is 0 Å². The molecule has 1 atom stereocenters. The van der Waals surface area contributed by atoms with Gasteiger partial charge in [-0.05, 0) is 12.1 Å². The molecule has 2 N–H and O–H groups in total. The fourth-order valence-corrected chi connectivity index (χ4v) is 3.95. The quantitative estimate of drug-likeness (QED) is 0.377. The number of halogens is 1. The van der Waals surface area contributed by atoms with E-state index >= 15 is 0 Å². The number of ether oxygens (including phenoxy) is 1. The van der Waals surface area contributed by atoms with Crippen molar-refractivity contribution in [3.05, 3.63) is 58.8 Å². The highest BCUT2D eigenvalue weighted by Crippen LogP contribution is 2.32. The molecule has 2 heterocycles. The molecule has 1 saturated heterocycles. The molecule has 1 aromatic heterocycles. The van der Waals surface area contributed by atoms with E-state index in [4.69, 9.17) is 17.0 Å². The van der Waals surface area contributed by atoms with Gasteiger partial charge in [-0.15, -0.1) is 0 Å². The van der Waals surface area contributed by atoms with E-state index < -0.39 is 29.6 Å². The molecule has 1 aliphatic heterocycles. The number of nitrogens with zero attached hydrogens (tertiary/aromatic N) is 2. The number of aromatic nitrogens is 2. The summed E-state index contributed by atoms with van der Waals surface area (Å²) in [4.78, 5) is 45.1. The number of rotatable bonds is 7. The van der Waals surface area contributed by atoms with Crippen molar-refractivity contribution in [3.8, 4) is 0 Å². The molecule has 3 rings (SSSR count). The average molecular weight is 449 g/mol. The van der Waals surface area contributed by atoms with Crippen molar-refractivity contribution in [2.24, 2.45) is 0 Å². The van der Waals surface area contributed by atoms with Crippen LogP contribution in [0.1, 0.15) is 11.3 Å². The highest BCUT2D eigenvalue weighted by atomic mass is 32.2. The molecular weight excluding hydrogens is 431 g/mol. The third-order valence-corrected chi connectivity index (χ3v) is 5.54. The molecule has 0 spiro atoms. The summed E-state index contributed by atoms with van der Waals surface area (Å²) in [6, 6.07) is 5.05. The maximum Gasteiger partial charge on any atom is 0.328 e. The Labute approximate surface area is 180 Å². The Kier molecular flexibility index (Phi) is 6.95. The van der Waals surface area contributed by atoms with Crippen molar-refractivity contribution in [1.82, 2.24) is 20.2 Å². The van der Waals surface area contributed by atoms with E-state index in [2.05, 4.69) is 15.3 Å². The van der Waals surface area contributed by atoms with Crippen molar-refractivity contribution in [2.45, 2.75) is 12.5 Å². The molecule has 2 aromatic rings. The average Bonchev–Trinajstić information content (AvgIpc) is 3.32. The Morgan fingerprint density at radius 3 is 2.87 bits per heavy atom. The normalized spacial score (nSPS) is 16.1. The summed E-state index contributed by atoms with van der Waals surface area (Å²) in [7, 11) is 1.21. The Hall–Kier alpha value is -3.05. The van der Waals surface area contributed by atoms with Gasteiger partial charge in [0.15, 0.2) is 0 Å². The van der Waals surface area contributed by atoms with Crippen LogP contribution in [-0.4, -0.2) is 56.7 Å². The second-order valence-electron chi connectivity index (χ2n) is 6.21. The van der Waals surface area contributed by atoms with E-state index in [0.29, 0.717) is 5.69 Å². The molecule has 0 radical (unpaired) electrons. The molecule has 2 amide bonds. The largest absolute Gasteiger partial charge is 0.467 e. The number of H-pyrrole nitrogens is 1. The van der Waals surface area contributed by atoms with Crippen molar-refractivity contribution in [3.63, 3.8) is 0 Å². The van der Waals surface area contributed by atoms with Crippen LogP contribution in [0.2, 0.25) is 0 Å². The van der Waals surface area contributed by atoms with Crippen molar-refractivity contribution in [2.75, 3.05) is 13.7 Å². The standard InChI is InChI=1S/C19H17FN4O4S2/c1-28-18(27)14(7-12-8-21-10-22-12)23-16(25)9-24-17(26)15(30-19(24)29)6-11-4-2-3-5-13(11)20/h2-6,8,10,14H,7,9H2,1H3,(H,21,22)(H,23,25). The number of thiocarbonyl (C=S) groups is 1. The fraction of sp³-hybridized carbons (Fsp3) is 0.211. The first-order chi connectivity index (χ1) is 14.4. The minimum atomic E-state index is -0.963. The predicted molar refractivity (Wildman–Crippen MR) is 113 cm³/mol. The number of benzene rings is 1. The van der Waals surface area contributed by atoms with E-state index in [9.17, 15) is 18.8 Å². The summed E-state index contributed by atoms with van der Waals surface area (Å²) in [5.41, 5.74) is 0.872. The third kappa shape index (κ3) is 5.10. The van der Waals surface area contributed by atoms with Gasteiger partial charge in [-0.1, -0.05) is 42.2 Å². The number of methoxy groups -OCH3 is 1. The lowest BCUT2D eigenvalue weighted by molar-refractivity contribution is -0.145. The number of hydrogen-bond acceptors (Lipinski definition) is 7.